The van der Waals surface area contributed by atoms with Crippen LogP contribution in [0.4, 0.5) is 10.7 Å². The summed E-state index contributed by atoms with van der Waals surface area (Å²) in [5.74, 6) is 0. The molecule has 0 bridgehead atoms. The summed E-state index contributed by atoms with van der Waals surface area (Å²) in [5, 5.41) is 14.4. The molecule has 3 unspecified atom stereocenters. The van der Waals surface area contributed by atoms with Gasteiger partial charge >= 0.3 is 25.9 Å². The number of nitrogens with zero attached hydrogens (tertiary/aromatic N) is 3. The zero-order valence-corrected chi connectivity index (χ0v) is 13.7. The van der Waals surface area contributed by atoms with Gasteiger partial charge in [-0.1, -0.05) is 50.7 Å². The standard InChI is InChI=1S/C15H22N3.3FH.Mn/c1-3-10-16-12(6-1)14-8-5-9-15(18-14)13-7-2-4-11-17-13;;;;/h1,3,6,13-15H,2,4-5,7-11H2;3*1H;/q-3;;;;+3/p-3. The van der Waals surface area contributed by atoms with Crippen LogP contribution in [0.15, 0.2) is 23.9 Å². The monoisotopic (exact) mass is 356 g/mol. The first-order chi connectivity index (χ1) is 10.7. The van der Waals surface area contributed by atoms with Crippen molar-refractivity contribution in [2.45, 2.75) is 56.7 Å². The number of allylic oxidation sites excluding steroid dienone is 2. The number of halogens is 3. The Bertz CT molecular complexity index is 381. The Kier molecular flexibility index (Phi) is 7.80. The van der Waals surface area contributed by atoms with E-state index >= 15 is 0 Å². The minimum atomic E-state index is -4.40. The summed E-state index contributed by atoms with van der Waals surface area (Å²) in [5.41, 5.74) is 1.19. The summed E-state index contributed by atoms with van der Waals surface area (Å²) in [6, 6.07) is 1.30. The molecule has 3 atom stereocenters. The van der Waals surface area contributed by atoms with Crippen LogP contribution in [-0.4, -0.2) is 31.2 Å². The zero-order valence-electron chi connectivity index (χ0n) is 12.5. The van der Waals surface area contributed by atoms with Crippen molar-refractivity contribution in [2.75, 3.05) is 13.1 Å². The van der Waals surface area contributed by atoms with E-state index < -0.39 is 15.3 Å². The summed E-state index contributed by atoms with van der Waals surface area (Å²) in [4.78, 5) is 0. The van der Waals surface area contributed by atoms with Crippen LogP contribution in [0.2, 0.25) is 0 Å². The van der Waals surface area contributed by atoms with Crippen LogP contribution in [0.5, 0.6) is 0 Å². The molecular formula is C15H22F3MnN3-3. The second-order valence-electron chi connectivity index (χ2n) is 5.65. The third kappa shape index (κ3) is 5.95. The summed E-state index contributed by atoms with van der Waals surface area (Å²) >= 11 is -4.40. The molecule has 2 saturated heterocycles. The zero-order chi connectivity index (χ0) is 15.8. The average Bonchev–Trinajstić information content (AvgIpc) is 2.56. The van der Waals surface area contributed by atoms with Gasteiger partial charge in [0, 0.05) is 0 Å². The molecule has 3 aliphatic heterocycles. The second-order valence-corrected chi connectivity index (χ2v) is 6.16. The minimum absolute atomic E-state index is 0.339. The molecule has 128 valence electrons. The Morgan fingerprint density at radius 3 is 2.41 bits per heavy atom. The molecule has 2 fully saturated rings. The van der Waals surface area contributed by atoms with Gasteiger partial charge in [-0.3, -0.25) is 0 Å². The fraction of sp³-hybridized carbons (Fsp3) is 0.733. The van der Waals surface area contributed by atoms with E-state index in [1.165, 1.54) is 44.2 Å². The molecule has 0 aliphatic carbocycles. The molecule has 0 amide bonds. The molecule has 3 rings (SSSR count). The number of piperidine rings is 2. The SMILES string of the molecule is C1=CC[N-]C(C2CCCC(C3CCCC[N-]3)[N-]2)=C1.[F][Mn]([F])[F]. The fourth-order valence-corrected chi connectivity index (χ4v) is 3.20. The predicted molar refractivity (Wildman–Crippen MR) is 79.4 cm³/mol. The first kappa shape index (κ1) is 17.9. The van der Waals surface area contributed by atoms with Crippen LogP contribution in [0, 0.1) is 0 Å². The molecule has 3 nitrogen and oxygen atoms in total. The maximum absolute atomic E-state index is 9.77. The summed E-state index contributed by atoms with van der Waals surface area (Å²) in [6.07, 6.45) is 13.9. The van der Waals surface area contributed by atoms with E-state index in [-0.39, 0.29) is 0 Å². The number of rotatable bonds is 2. The van der Waals surface area contributed by atoms with Gasteiger partial charge in [0.05, 0.1) is 0 Å². The Balaban J connectivity index is 0.000000396. The molecule has 22 heavy (non-hydrogen) atoms. The number of hydrogen-bond acceptors (Lipinski definition) is 0. The van der Waals surface area contributed by atoms with Crippen LogP contribution in [0.1, 0.15) is 38.5 Å². The van der Waals surface area contributed by atoms with E-state index in [0.717, 1.165) is 13.1 Å². The first-order valence-electron chi connectivity index (χ1n) is 7.77. The summed E-state index contributed by atoms with van der Waals surface area (Å²) in [7, 11) is 0. The quantitative estimate of drug-likeness (QED) is 0.603. The molecule has 0 aromatic rings. The molecule has 0 aromatic heterocycles. The molecule has 0 radical (unpaired) electrons. The van der Waals surface area contributed by atoms with E-state index in [0.29, 0.717) is 18.1 Å². The second kappa shape index (κ2) is 9.60. The van der Waals surface area contributed by atoms with Gasteiger partial charge in [-0.2, -0.15) is 17.8 Å². The Hall–Kier alpha value is -0.491. The summed E-state index contributed by atoms with van der Waals surface area (Å²) < 4.78 is 29.3. The average molecular weight is 356 g/mol. The number of hydrogen-bond donors (Lipinski definition) is 0. The predicted octanol–water partition coefficient (Wildman–Crippen LogP) is 5.29. The van der Waals surface area contributed by atoms with Crippen molar-refractivity contribution in [3.8, 4) is 0 Å². The van der Waals surface area contributed by atoms with Crippen molar-refractivity contribution in [3.05, 3.63) is 39.9 Å². The van der Waals surface area contributed by atoms with Gasteiger partial charge in [-0.05, 0) is 0 Å². The van der Waals surface area contributed by atoms with Gasteiger partial charge in [0.1, 0.15) is 0 Å². The van der Waals surface area contributed by atoms with Crippen molar-refractivity contribution >= 4 is 0 Å². The van der Waals surface area contributed by atoms with Crippen molar-refractivity contribution in [1.82, 2.24) is 0 Å². The van der Waals surface area contributed by atoms with Gasteiger partial charge < -0.3 is 16.0 Å². The third-order valence-corrected chi connectivity index (χ3v) is 4.19. The van der Waals surface area contributed by atoms with Crippen LogP contribution in [0.25, 0.3) is 16.0 Å². The van der Waals surface area contributed by atoms with Crippen molar-refractivity contribution < 1.29 is 25.9 Å². The van der Waals surface area contributed by atoms with Crippen molar-refractivity contribution in [3.63, 3.8) is 0 Å². The Morgan fingerprint density at radius 2 is 1.77 bits per heavy atom. The Labute approximate surface area is 136 Å². The van der Waals surface area contributed by atoms with Gasteiger partial charge in [-0.15, -0.1) is 25.2 Å². The molecule has 7 heteroatoms. The van der Waals surface area contributed by atoms with Gasteiger partial charge in [0.2, 0.25) is 0 Å². The van der Waals surface area contributed by atoms with E-state index in [1.807, 2.05) is 0 Å². The normalized spacial score (nSPS) is 32.2. The van der Waals surface area contributed by atoms with E-state index in [2.05, 4.69) is 23.5 Å². The molecule has 0 saturated carbocycles. The molecule has 3 aliphatic rings. The maximum atomic E-state index is 9.77. The summed E-state index contributed by atoms with van der Waals surface area (Å²) in [6.45, 7) is 1.88. The first-order valence-corrected chi connectivity index (χ1v) is 9.11. The van der Waals surface area contributed by atoms with Crippen LogP contribution >= 0.6 is 0 Å². The molecular weight excluding hydrogens is 334 g/mol. The van der Waals surface area contributed by atoms with Crippen molar-refractivity contribution in [2.24, 2.45) is 0 Å². The topological polar surface area (TPSA) is 42.3 Å². The van der Waals surface area contributed by atoms with Gasteiger partial charge in [0.25, 0.3) is 0 Å². The van der Waals surface area contributed by atoms with Crippen LogP contribution in [-0.2, 0) is 15.3 Å². The van der Waals surface area contributed by atoms with Crippen LogP contribution < -0.4 is 0 Å². The fourth-order valence-electron chi connectivity index (χ4n) is 3.20. The Morgan fingerprint density at radius 1 is 1.00 bits per heavy atom. The van der Waals surface area contributed by atoms with Crippen molar-refractivity contribution in [1.29, 1.82) is 0 Å². The molecule has 0 aromatic carbocycles. The molecule has 0 spiro atoms. The van der Waals surface area contributed by atoms with Gasteiger partial charge in [-0.25, -0.2) is 0 Å². The van der Waals surface area contributed by atoms with E-state index in [4.69, 9.17) is 10.6 Å². The van der Waals surface area contributed by atoms with Crippen LogP contribution in [0.3, 0.4) is 0 Å². The molecule has 0 N–H and O–H groups in total. The molecule has 3 heterocycles. The van der Waals surface area contributed by atoms with E-state index in [9.17, 15) is 10.7 Å². The van der Waals surface area contributed by atoms with Gasteiger partial charge in [0.15, 0.2) is 0 Å². The van der Waals surface area contributed by atoms with E-state index in [1.54, 1.807) is 0 Å². The third-order valence-electron chi connectivity index (χ3n) is 4.19.